The number of pyridine rings is 1. The van der Waals surface area contributed by atoms with Gasteiger partial charge in [0.2, 0.25) is 0 Å². The molecule has 0 saturated heterocycles. The maximum Gasteiger partial charge on any atom is 0.392 e. The number of aromatic nitrogens is 1. The maximum absolute atomic E-state index is 12.7. The third-order valence-corrected chi connectivity index (χ3v) is 4.44. The summed E-state index contributed by atoms with van der Waals surface area (Å²) in [6.07, 6.45) is -2.29. The summed E-state index contributed by atoms with van der Waals surface area (Å²) in [6, 6.07) is 1.52. The Bertz CT molecular complexity index is 669. The fraction of sp³-hybridized carbons (Fsp3) is 0.467. The molecule has 1 aromatic heterocycles. The lowest BCUT2D eigenvalue weighted by atomic mass is 9.86. The SMILES string of the molecule is CN1Cc2c(cc(Cl)nc2C2=CCC(C(F)(F)F)CC2)C1=O. The van der Waals surface area contributed by atoms with Gasteiger partial charge in [-0.15, -0.1) is 0 Å². The normalized spacial score (nSPS) is 21.9. The quantitative estimate of drug-likeness (QED) is 0.727. The summed E-state index contributed by atoms with van der Waals surface area (Å²) in [5.74, 6) is -1.43. The summed E-state index contributed by atoms with van der Waals surface area (Å²) in [5.41, 5.74) is 2.58. The molecule has 1 aliphatic carbocycles. The van der Waals surface area contributed by atoms with Gasteiger partial charge >= 0.3 is 6.18 Å². The molecule has 2 aliphatic rings. The molecular weight excluding hydrogens is 317 g/mol. The molecule has 0 N–H and O–H groups in total. The van der Waals surface area contributed by atoms with Gasteiger partial charge in [-0.05, 0) is 30.9 Å². The van der Waals surface area contributed by atoms with Gasteiger partial charge in [-0.3, -0.25) is 4.79 Å². The van der Waals surface area contributed by atoms with Crippen LogP contribution in [0.5, 0.6) is 0 Å². The van der Waals surface area contributed by atoms with Crippen molar-refractivity contribution in [3.8, 4) is 0 Å². The Labute approximate surface area is 130 Å². The second-order valence-electron chi connectivity index (χ2n) is 5.72. The number of halogens is 4. The smallest absolute Gasteiger partial charge is 0.337 e. The Hall–Kier alpha value is -1.56. The molecule has 1 aromatic rings. The second-order valence-corrected chi connectivity index (χ2v) is 6.11. The number of fused-ring (bicyclic) bond motifs is 1. The summed E-state index contributed by atoms with van der Waals surface area (Å²) in [7, 11) is 1.68. The van der Waals surface area contributed by atoms with Crippen LogP contribution in [0.15, 0.2) is 12.1 Å². The largest absolute Gasteiger partial charge is 0.392 e. The molecule has 0 bridgehead atoms. The van der Waals surface area contributed by atoms with E-state index >= 15 is 0 Å². The van der Waals surface area contributed by atoms with Gasteiger partial charge in [0.1, 0.15) is 5.15 Å². The summed E-state index contributed by atoms with van der Waals surface area (Å²) in [5, 5.41) is 0.191. The van der Waals surface area contributed by atoms with E-state index in [9.17, 15) is 18.0 Å². The van der Waals surface area contributed by atoms with Gasteiger partial charge in [0.25, 0.3) is 5.91 Å². The summed E-state index contributed by atoms with van der Waals surface area (Å²) >= 11 is 5.97. The lowest BCUT2D eigenvalue weighted by molar-refractivity contribution is -0.175. The number of hydrogen-bond acceptors (Lipinski definition) is 2. The number of amides is 1. The number of rotatable bonds is 1. The van der Waals surface area contributed by atoms with Crippen LogP contribution in [0.25, 0.3) is 5.57 Å². The van der Waals surface area contributed by atoms with Gasteiger partial charge in [-0.1, -0.05) is 17.7 Å². The number of carbonyl (C=O) groups excluding carboxylic acids is 1. The molecule has 7 heteroatoms. The van der Waals surface area contributed by atoms with Crippen LogP contribution in [0.3, 0.4) is 0 Å². The molecule has 3 nitrogen and oxygen atoms in total. The predicted molar refractivity (Wildman–Crippen MR) is 76.4 cm³/mol. The molecule has 1 unspecified atom stereocenters. The standard InChI is InChI=1S/C15H14ClF3N2O/c1-21-7-11-10(14(21)22)6-12(16)20-13(11)8-2-4-9(5-3-8)15(17,18)19/h2,6,9H,3-5,7H2,1H3. The predicted octanol–water partition coefficient (Wildman–Crippen LogP) is 4.07. The van der Waals surface area contributed by atoms with E-state index in [1.165, 1.54) is 6.07 Å². The van der Waals surface area contributed by atoms with E-state index in [0.717, 1.165) is 11.1 Å². The van der Waals surface area contributed by atoms with Gasteiger partial charge in [-0.25, -0.2) is 4.98 Å². The van der Waals surface area contributed by atoms with Crippen LogP contribution in [0.4, 0.5) is 13.2 Å². The topological polar surface area (TPSA) is 33.2 Å². The van der Waals surface area contributed by atoms with Crippen LogP contribution in [-0.2, 0) is 6.54 Å². The first-order valence-corrected chi connectivity index (χ1v) is 7.36. The molecule has 1 atom stereocenters. The minimum Gasteiger partial charge on any atom is -0.337 e. The van der Waals surface area contributed by atoms with Gasteiger partial charge in [0.15, 0.2) is 0 Å². The van der Waals surface area contributed by atoms with Gasteiger partial charge in [-0.2, -0.15) is 13.2 Å². The Morgan fingerprint density at radius 1 is 1.41 bits per heavy atom. The van der Waals surface area contributed by atoms with Crippen LogP contribution in [-0.4, -0.2) is 29.0 Å². The molecule has 118 valence electrons. The van der Waals surface area contributed by atoms with Crippen molar-refractivity contribution in [1.29, 1.82) is 0 Å². The van der Waals surface area contributed by atoms with Crippen molar-refractivity contribution in [3.05, 3.63) is 34.1 Å². The van der Waals surface area contributed by atoms with E-state index < -0.39 is 12.1 Å². The fourth-order valence-electron chi connectivity index (χ4n) is 3.02. The van der Waals surface area contributed by atoms with Crippen molar-refractivity contribution >= 4 is 23.1 Å². The number of allylic oxidation sites excluding steroid dienone is 2. The van der Waals surface area contributed by atoms with Crippen molar-refractivity contribution in [2.75, 3.05) is 7.05 Å². The number of hydrogen-bond donors (Lipinski definition) is 0. The van der Waals surface area contributed by atoms with E-state index in [2.05, 4.69) is 4.98 Å². The minimum absolute atomic E-state index is 0.0437. The van der Waals surface area contributed by atoms with Crippen molar-refractivity contribution in [2.45, 2.75) is 32.0 Å². The average molecular weight is 331 g/mol. The minimum atomic E-state index is -4.16. The number of carbonyl (C=O) groups is 1. The summed E-state index contributed by atoms with van der Waals surface area (Å²) in [4.78, 5) is 17.8. The van der Waals surface area contributed by atoms with Gasteiger partial charge in [0, 0.05) is 24.7 Å². The van der Waals surface area contributed by atoms with Gasteiger partial charge in [0.05, 0.1) is 11.6 Å². The lowest BCUT2D eigenvalue weighted by Gasteiger charge is -2.24. The van der Waals surface area contributed by atoms with Crippen LogP contribution in [0.2, 0.25) is 5.15 Å². The third kappa shape index (κ3) is 2.60. The highest BCUT2D eigenvalue weighted by atomic mass is 35.5. The van der Waals surface area contributed by atoms with Crippen LogP contribution in [0.1, 0.15) is 40.9 Å². The van der Waals surface area contributed by atoms with Crippen molar-refractivity contribution in [1.82, 2.24) is 9.88 Å². The molecule has 22 heavy (non-hydrogen) atoms. The fourth-order valence-corrected chi connectivity index (χ4v) is 3.21. The molecule has 1 aliphatic heterocycles. The zero-order valence-corrected chi connectivity index (χ0v) is 12.6. The van der Waals surface area contributed by atoms with Crippen LogP contribution < -0.4 is 0 Å². The first kappa shape index (κ1) is 15.3. The first-order chi connectivity index (χ1) is 10.3. The van der Waals surface area contributed by atoms with E-state index in [0.29, 0.717) is 24.2 Å². The first-order valence-electron chi connectivity index (χ1n) is 6.98. The maximum atomic E-state index is 12.7. The second kappa shape index (κ2) is 5.26. The summed E-state index contributed by atoms with van der Waals surface area (Å²) < 4.78 is 38.2. The molecule has 0 saturated carbocycles. The molecule has 0 fully saturated rings. The lowest BCUT2D eigenvalue weighted by Crippen LogP contribution is -2.24. The Balaban J connectivity index is 1.96. The third-order valence-electron chi connectivity index (χ3n) is 4.24. The Morgan fingerprint density at radius 2 is 2.14 bits per heavy atom. The zero-order chi connectivity index (χ0) is 16.1. The molecule has 2 heterocycles. The van der Waals surface area contributed by atoms with E-state index in [-0.39, 0.29) is 23.9 Å². The highest BCUT2D eigenvalue weighted by Gasteiger charge is 2.40. The van der Waals surface area contributed by atoms with Crippen LogP contribution >= 0.6 is 11.6 Å². The Kier molecular flexibility index (Phi) is 3.67. The highest BCUT2D eigenvalue weighted by Crippen LogP contribution is 2.41. The van der Waals surface area contributed by atoms with Gasteiger partial charge < -0.3 is 4.90 Å². The molecule has 0 aromatic carbocycles. The average Bonchev–Trinajstić information content (AvgIpc) is 2.73. The molecule has 0 radical (unpaired) electrons. The summed E-state index contributed by atoms with van der Waals surface area (Å²) in [6.45, 7) is 0.410. The Morgan fingerprint density at radius 3 is 2.73 bits per heavy atom. The number of nitrogens with zero attached hydrogens (tertiary/aromatic N) is 2. The van der Waals surface area contributed by atoms with Crippen LogP contribution in [0, 0.1) is 5.92 Å². The van der Waals surface area contributed by atoms with E-state index in [4.69, 9.17) is 11.6 Å². The monoisotopic (exact) mass is 330 g/mol. The molecule has 3 rings (SSSR count). The van der Waals surface area contributed by atoms with E-state index in [1.807, 2.05) is 0 Å². The van der Waals surface area contributed by atoms with Crippen molar-refractivity contribution in [2.24, 2.45) is 5.92 Å². The molecule has 1 amide bonds. The molecule has 0 spiro atoms. The number of alkyl halides is 3. The zero-order valence-electron chi connectivity index (χ0n) is 11.9. The van der Waals surface area contributed by atoms with Crippen molar-refractivity contribution in [3.63, 3.8) is 0 Å². The van der Waals surface area contributed by atoms with E-state index in [1.54, 1.807) is 18.0 Å². The highest BCUT2D eigenvalue weighted by molar-refractivity contribution is 6.30. The van der Waals surface area contributed by atoms with Crippen molar-refractivity contribution < 1.29 is 18.0 Å². The molecular formula is C15H14ClF3N2O.